The highest BCUT2D eigenvalue weighted by atomic mass is 35.5. The van der Waals surface area contributed by atoms with Crippen LogP contribution in [0.25, 0.3) is 0 Å². The fourth-order valence-corrected chi connectivity index (χ4v) is 3.13. The lowest BCUT2D eigenvalue weighted by molar-refractivity contribution is 0.0335. The van der Waals surface area contributed by atoms with E-state index >= 15 is 0 Å². The quantitative estimate of drug-likeness (QED) is 0.558. The molecule has 25 heavy (non-hydrogen) atoms. The second-order valence-corrected chi connectivity index (χ2v) is 7.09. The summed E-state index contributed by atoms with van der Waals surface area (Å²) in [6.45, 7) is 2.83. The number of ether oxygens (including phenoxy) is 2. The molecule has 0 aromatic heterocycles. The smallest absolute Gasteiger partial charge is 0.338 e. The average Bonchev–Trinajstić information content (AvgIpc) is 2.59. The van der Waals surface area contributed by atoms with Crippen LogP contribution >= 0.6 is 11.6 Å². The van der Waals surface area contributed by atoms with Crippen LogP contribution in [0.3, 0.4) is 0 Å². The van der Waals surface area contributed by atoms with Crippen molar-refractivity contribution in [1.29, 1.82) is 0 Å². The standard InChI is InChI=1S/C17H18ClNO5S/c1-2-23-10-11-24-17(20)13-4-3-5-15(12-13)19-25(21,22)16-8-6-14(18)7-9-16/h3-9,12,19H,2,10-11H2,1H3. The Bertz CT molecular complexity index is 821. The van der Waals surface area contributed by atoms with E-state index in [1.165, 1.54) is 30.3 Å². The van der Waals surface area contributed by atoms with Gasteiger partial charge in [-0.25, -0.2) is 13.2 Å². The topological polar surface area (TPSA) is 81.7 Å². The van der Waals surface area contributed by atoms with Gasteiger partial charge in [0, 0.05) is 17.3 Å². The molecule has 0 spiro atoms. The number of esters is 1. The van der Waals surface area contributed by atoms with Crippen LogP contribution in [0.15, 0.2) is 53.4 Å². The van der Waals surface area contributed by atoms with Crippen molar-refractivity contribution < 1.29 is 22.7 Å². The maximum absolute atomic E-state index is 12.4. The lowest BCUT2D eigenvalue weighted by Gasteiger charge is -2.10. The molecule has 0 aliphatic rings. The van der Waals surface area contributed by atoms with Gasteiger partial charge in [-0.05, 0) is 49.4 Å². The maximum Gasteiger partial charge on any atom is 0.338 e. The zero-order chi connectivity index (χ0) is 18.3. The first kappa shape index (κ1) is 19.2. The Hall–Kier alpha value is -2.09. The summed E-state index contributed by atoms with van der Waals surface area (Å²) in [6.07, 6.45) is 0. The van der Waals surface area contributed by atoms with Crippen molar-refractivity contribution in [3.8, 4) is 0 Å². The normalized spacial score (nSPS) is 11.1. The third-order valence-electron chi connectivity index (χ3n) is 3.14. The molecule has 0 saturated carbocycles. The number of hydrogen-bond acceptors (Lipinski definition) is 5. The molecule has 0 fully saturated rings. The molecule has 0 radical (unpaired) electrons. The number of hydrogen-bond donors (Lipinski definition) is 1. The molecule has 0 bridgehead atoms. The number of carbonyl (C=O) groups excluding carboxylic acids is 1. The number of carbonyl (C=O) groups is 1. The molecule has 2 aromatic carbocycles. The fourth-order valence-electron chi connectivity index (χ4n) is 1.96. The minimum Gasteiger partial charge on any atom is -0.460 e. The summed E-state index contributed by atoms with van der Waals surface area (Å²) in [5.41, 5.74) is 0.502. The minimum absolute atomic E-state index is 0.0709. The van der Waals surface area contributed by atoms with E-state index in [0.717, 1.165) is 0 Å². The maximum atomic E-state index is 12.4. The second-order valence-electron chi connectivity index (χ2n) is 4.97. The van der Waals surface area contributed by atoms with Crippen LogP contribution in [0.5, 0.6) is 0 Å². The highest BCUT2D eigenvalue weighted by Gasteiger charge is 2.15. The third-order valence-corrected chi connectivity index (χ3v) is 4.79. The first-order valence-electron chi connectivity index (χ1n) is 7.55. The van der Waals surface area contributed by atoms with Gasteiger partial charge in [-0.15, -0.1) is 0 Å². The second kappa shape index (κ2) is 8.84. The molecule has 134 valence electrons. The van der Waals surface area contributed by atoms with Crippen LogP contribution in [0.4, 0.5) is 5.69 Å². The van der Waals surface area contributed by atoms with Gasteiger partial charge in [-0.1, -0.05) is 17.7 Å². The van der Waals surface area contributed by atoms with Gasteiger partial charge in [0.1, 0.15) is 6.61 Å². The third kappa shape index (κ3) is 5.74. The number of anilines is 1. The van der Waals surface area contributed by atoms with E-state index in [2.05, 4.69) is 4.72 Å². The van der Waals surface area contributed by atoms with Crippen LogP contribution in [-0.2, 0) is 19.5 Å². The number of sulfonamides is 1. The van der Waals surface area contributed by atoms with Crippen LogP contribution in [0.1, 0.15) is 17.3 Å². The molecular formula is C17H18ClNO5S. The molecule has 0 heterocycles. The van der Waals surface area contributed by atoms with Gasteiger partial charge in [0.05, 0.1) is 17.1 Å². The zero-order valence-corrected chi connectivity index (χ0v) is 15.1. The molecule has 0 aliphatic heterocycles. The summed E-state index contributed by atoms with van der Waals surface area (Å²) in [5.74, 6) is -0.549. The van der Waals surface area contributed by atoms with E-state index in [4.69, 9.17) is 21.1 Å². The number of benzene rings is 2. The van der Waals surface area contributed by atoms with E-state index in [9.17, 15) is 13.2 Å². The van der Waals surface area contributed by atoms with Crippen LogP contribution < -0.4 is 4.72 Å². The fraction of sp³-hybridized carbons (Fsp3) is 0.235. The molecule has 1 N–H and O–H groups in total. The molecule has 6 nitrogen and oxygen atoms in total. The largest absolute Gasteiger partial charge is 0.460 e. The zero-order valence-electron chi connectivity index (χ0n) is 13.6. The van der Waals surface area contributed by atoms with Gasteiger partial charge in [0.15, 0.2) is 0 Å². The summed E-state index contributed by atoms with van der Waals surface area (Å²) in [7, 11) is -3.78. The highest BCUT2D eigenvalue weighted by Crippen LogP contribution is 2.19. The van der Waals surface area contributed by atoms with Gasteiger partial charge in [-0.2, -0.15) is 0 Å². The molecule has 0 aliphatic carbocycles. The van der Waals surface area contributed by atoms with Gasteiger partial charge in [0.2, 0.25) is 0 Å². The Morgan fingerprint density at radius 2 is 1.84 bits per heavy atom. The van der Waals surface area contributed by atoms with Crippen molar-refractivity contribution in [3.05, 3.63) is 59.1 Å². The van der Waals surface area contributed by atoms with Gasteiger partial charge in [0.25, 0.3) is 10.0 Å². The average molecular weight is 384 g/mol. The van der Waals surface area contributed by atoms with E-state index in [1.54, 1.807) is 18.2 Å². The van der Waals surface area contributed by atoms with Crippen molar-refractivity contribution in [2.75, 3.05) is 24.5 Å². The van der Waals surface area contributed by atoms with Gasteiger partial charge in [-0.3, -0.25) is 4.72 Å². The predicted molar refractivity (Wildman–Crippen MR) is 95.5 cm³/mol. The molecule has 0 atom stereocenters. The van der Waals surface area contributed by atoms with E-state index < -0.39 is 16.0 Å². The Balaban J connectivity index is 2.08. The summed E-state index contributed by atoms with van der Waals surface area (Å²) < 4.78 is 37.3. The van der Waals surface area contributed by atoms with Crippen LogP contribution in [-0.4, -0.2) is 34.2 Å². The van der Waals surface area contributed by atoms with Crippen molar-refractivity contribution >= 4 is 33.3 Å². The molecule has 2 rings (SSSR count). The summed E-state index contributed by atoms with van der Waals surface area (Å²) >= 11 is 5.76. The Morgan fingerprint density at radius 3 is 2.52 bits per heavy atom. The highest BCUT2D eigenvalue weighted by molar-refractivity contribution is 7.92. The van der Waals surface area contributed by atoms with Gasteiger partial charge < -0.3 is 9.47 Å². The first-order chi connectivity index (χ1) is 11.9. The van der Waals surface area contributed by atoms with Crippen molar-refractivity contribution in [3.63, 3.8) is 0 Å². The van der Waals surface area contributed by atoms with Crippen molar-refractivity contribution in [2.45, 2.75) is 11.8 Å². The number of halogens is 1. The molecule has 0 saturated heterocycles. The number of nitrogens with one attached hydrogen (secondary N) is 1. The van der Waals surface area contributed by atoms with Crippen LogP contribution in [0, 0.1) is 0 Å². The van der Waals surface area contributed by atoms with E-state index in [0.29, 0.717) is 18.2 Å². The monoisotopic (exact) mass is 383 g/mol. The van der Waals surface area contributed by atoms with Gasteiger partial charge >= 0.3 is 5.97 Å². The van der Waals surface area contributed by atoms with Crippen LogP contribution in [0.2, 0.25) is 5.02 Å². The predicted octanol–water partition coefficient (Wildman–Crippen LogP) is 3.33. The molecule has 0 unspecified atom stereocenters. The minimum atomic E-state index is -3.78. The Morgan fingerprint density at radius 1 is 1.12 bits per heavy atom. The first-order valence-corrected chi connectivity index (χ1v) is 9.42. The summed E-state index contributed by atoms with van der Waals surface area (Å²) in [6, 6.07) is 11.8. The SMILES string of the molecule is CCOCCOC(=O)c1cccc(NS(=O)(=O)c2ccc(Cl)cc2)c1. The Labute approximate surface area is 151 Å². The van der Waals surface area contributed by atoms with Crippen molar-refractivity contribution in [2.24, 2.45) is 0 Å². The lowest BCUT2D eigenvalue weighted by atomic mass is 10.2. The lowest BCUT2D eigenvalue weighted by Crippen LogP contribution is -2.14. The number of rotatable bonds is 8. The van der Waals surface area contributed by atoms with E-state index in [1.807, 2.05) is 6.92 Å². The van der Waals surface area contributed by atoms with E-state index in [-0.39, 0.29) is 22.8 Å². The summed E-state index contributed by atoms with van der Waals surface area (Å²) in [4.78, 5) is 12.0. The molecule has 0 amide bonds. The Kier molecular flexibility index (Phi) is 6.81. The summed E-state index contributed by atoms with van der Waals surface area (Å²) in [5, 5.41) is 0.441. The molecule has 2 aromatic rings. The molecular weight excluding hydrogens is 366 g/mol. The van der Waals surface area contributed by atoms with Crippen molar-refractivity contribution in [1.82, 2.24) is 0 Å². The molecule has 8 heteroatoms.